The van der Waals surface area contributed by atoms with E-state index >= 15 is 0 Å². The quantitative estimate of drug-likeness (QED) is 0.752. The van der Waals surface area contributed by atoms with Gasteiger partial charge >= 0.3 is 0 Å². The van der Waals surface area contributed by atoms with Crippen LogP contribution in [0.2, 0.25) is 0 Å². The number of ether oxygens (including phenoxy) is 2. The maximum Gasteiger partial charge on any atom is 0.119 e. The van der Waals surface area contributed by atoms with Gasteiger partial charge in [-0.25, -0.2) is 0 Å². The number of hydrogen-bond acceptors (Lipinski definition) is 3. The minimum atomic E-state index is 0.294. The Morgan fingerprint density at radius 3 is 2.78 bits per heavy atom. The molecule has 0 bridgehead atoms. The van der Waals surface area contributed by atoms with Gasteiger partial charge in [0.25, 0.3) is 0 Å². The zero-order chi connectivity index (χ0) is 13.0. The van der Waals surface area contributed by atoms with Crippen molar-refractivity contribution in [2.75, 3.05) is 33.9 Å². The molecule has 1 aromatic carbocycles. The second kappa shape index (κ2) is 5.72. The normalized spacial score (nSPS) is 26.1. The van der Waals surface area contributed by atoms with Crippen molar-refractivity contribution < 1.29 is 9.47 Å². The zero-order valence-corrected chi connectivity index (χ0v) is 11.5. The van der Waals surface area contributed by atoms with Crippen LogP contribution in [0, 0.1) is 5.92 Å². The Bertz CT molecular complexity index is 394. The van der Waals surface area contributed by atoms with Crippen LogP contribution in [0.1, 0.15) is 18.9 Å². The first-order valence-electron chi connectivity index (χ1n) is 6.57. The summed E-state index contributed by atoms with van der Waals surface area (Å²) < 4.78 is 10.4. The molecule has 1 aromatic rings. The van der Waals surface area contributed by atoms with E-state index in [0.717, 1.165) is 31.4 Å². The smallest absolute Gasteiger partial charge is 0.119 e. The van der Waals surface area contributed by atoms with Crippen LogP contribution in [0.4, 0.5) is 0 Å². The molecule has 0 spiro atoms. The molecular weight excluding hydrogens is 226 g/mol. The Kier molecular flexibility index (Phi) is 4.25. The maximum atomic E-state index is 5.32. The standard InChI is InChI=1S/C15H23NO2/c1-12-10-15(12,11-16-7-8-17-2)13-5-4-6-14(9-13)18-3/h4-6,9,12,16H,7-8,10-11H2,1-3H3. The van der Waals surface area contributed by atoms with Crippen molar-refractivity contribution in [3.05, 3.63) is 29.8 Å². The lowest BCUT2D eigenvalue weighted by Crippen LogP contribution is -2.30. The van der Waals surface area contributed by atoms with Crippen molar-refractivity contribution >= 4 is 0 Å². The monoisotopic (exact) mass is 249 g/mol. The average Bonchev–Trinajstić information content (AvgIpc) is 3.07. The first kappa shape index (κ1) is 13.4. The third kappa shape index (κ3) is 2.68. The molecule has 0 aromatic heterocycles. The van der Waals surface area contributed by atoms with E-state index < -0.39 is 0 Å². The Hall–Kier alpha value is -1.06. The molecule has 1 aliphatic rings. The SMILES string of the molecule is COCCNCC1(c2cccc(OC)c2)CC1C. The van der Waals surface area contributed by atoms with Crippen LogP contribution in [0.5, 0.6) is 5.75 Å². The minimum Gasteiger partial charge on any atom is -0.497 e. The van der Waals surface area contributed by atoms with Crippen LogP contribution >= 0.6 is 0 Å². The fraction of sp³-hybridized carbons (Fsp3) is 0.600. The Morgan fingerprint density at radius 2 is 2.17 bits per heavy atom. The van der Waals surface area contributed by atoms with Gasteiger partial charge in [0, 0.05) is 25.6 Å². The molecule has 2 atom stereocenters. The third-order valence-corrected chi connectivity index (χ3v) is 4.02. The van der Waals surface area contributed by atoms with Gasteiger partial charge in [-0.3, -0.25) is 0 Å². The number of methoxy groups -OCH3 is 2. The molecule has 0 amide bonds. The number of hydrogen-bond donors (Lipinski definition) is 1. The van der Waals surface area contributed by atoms with Crippen molar-refractivity contribution in [1.29, 1.82) is 0 Å². The van der Waals surface area contributed by atoms with Gasteiger partial charge in [0.05, 0.1) is 13.7 Å². The fourth-order valence-electron chi connectivity index (χ4n) is 2.66. The van der Waals surface area contributed by atoms with E-state index in [1.807, 2.05) is 6.07 Å². The second-order valence-corrected chi connectivity index (χ2v) is 5.16. The van der Waals surface area contributed by atoms with Gasteiger partial charge in [0.15, 0.2) is 0 Å². The fourth-order valence-corrected chi connectivity index (χ4v) is 2.66. The van der Waals surface area contributed by atoms with Crippen LogP contribution in [-0.2, 0) is 10.2 Å². The predicted molar refractivity (Wildman–Crippen MR) is 73.2 cm³/mol. The Labute approximate surface area is 109 Å². The van der Waals surface area contributed by atoms with Gasteiger partial charge in [-0.15, -0.1) is 0 Å². The molecule has 3 heteroatoms. The van der Waals surface area contributed by atoms with Gasteiger partial charge in [0.1, 0.15) is 5.75 Å². The minimum absolute atomic E-state index is 0.294. The van der Waals surface area contributed by atoms with Crippen molar-refractivity contribution in [1.82, 2.24) is 5.32 Å². The zero-order valence-electron chi connectivity index (χ0n) is 11.5. The van der Waals surface area contributed by atoms with Crippen LogP contribution in [0.25, 0.3) is 0 Å². The second-order valence-electron chi connectivity index (χ2n) is 5.16. The first-order chi connectivity index (χ1) is 8.73. The molecule has 3 nitrogen and oxygen atoms in total. The van der Waals surface area contributed by atoms with E-state index in [2.05, 4.69) is 30.4 Å². The molecule has 2 unspecified atom stereocenters. The highest BCUT2D eigenvalue weighted by molar-refractivity contribution is 5.39. The summed E-state index contributed by atoms with van der Waals surface area (Å²) in [5, 5.41) is 3.49. The number of benzene rings is 1. The van der Waals surface area contributed by atoms with Crippen LogP contribution in [0.15, 0.2) is 24.3 Å². The lowest BCUT2D eigenvalue weighted by atomic mass is 9.93. The van der Waals surface area contributed by atoms with Gasteiger partial charge in [-0.1, -0.05) is 19.1 Å². The molecule has 1 N–H and O–H groups in total. The number of nitrogens with one attached hydrogen (secondary N) is 1. The molecule has 2 rings (SSSR count). The summed E-state index contributed by atoms with van der Waals surface area (Å²) in [4.78, 5) is 0. The molecule has 100 valence electrons. The summed E-state index contributed by atoms with van der Waals surface area (Å²) in [5.41, 5.74) is 1.68. The summed E-state index contributed by atoms with van der Waals surface area (Å²) in [6.07, 6.45) is 1.25. The van der Waals surface area contributed by atoms with E-state index in [1.165, 1.54) is 12.0 Å². The highest BCUT2D eigenvalue weighted by Gasteiger charge is 2.51. The largest absolute Gasteiger partial charge is 0.497 e. The van der Waals surface area contributed by atoms with Gasteiger partial charge in [-0.05, 0) is 30.0 Å². The molecule has 18 heavy (non-hydrogen) atoms. The van der Waals surface area contributed by atoms with Crippen LogP contribution in [0.3, 0.4) is 0 Å². The topological polar surface area (TPSA) is 30.5 Å². The molecule has 0 heterocycles. The van der Waals surface area contributed by atoms with E-state index in [1.54, 1.807) is 14.2 Å². The highest BCUT2D eigenvalue weighted by atomic mass is 16.5. The average molecular weight is 249 g/mol. The van der Waals surface area contributed by atoms with Crippen molar-refractivity contribution in [3.63, 3.8) is 0 Å². The van der Waals surface area contributed by atoms with Crippen LogP contribution in [-0.4, -0.2) is 33.9 Å². The van der Waals surface area contributed by atoms with Gasteiger partial charge < -0.3 is 14.8 Å². The summed E-state index contributed by atoms with van der Waals surface area (Å²) in [5.74, 6) is 1.68. The lowest BCUT2D eigenvalue weighted by molar-refractivity contribution is 0.198. The first-order valence-corrected chi connectivity index (χ1v) is 6.57. The summed E-state index contributed by atoms with van der Waals surface area (Å²) in [6, 6.07) is 8.46. The van der Waals surface area contributed by atoms with E-state index in [4.69, 9.17) is 9.47 Å². The molecule has 1 saturated carbocycles. The van der Waals surface area contributed by atoms with E-state index in [9.17, 15) is 0 Å². The Morgan fingerprint density at radius 1 is 1.39 bits per heavy atom. The molecule has 0 aliphatic heterocycles. The van der Waals surface area contributed by atoms with E-state index in [-0.39, 0.29) is 0 Å². The van der Waals surface area contributed by atoms with Gasteiger partial charge in [0.2, 0.25) is 0 Å². The van der Waals surface area contributed by atoms with Crippen molar-refractivity contribution in [2.45, 2.75) is 18.8 Å². The molecule has 0 radical (unpaired) electrons. The predicted octanol–water partition coefficient (Wildman–Crippen LogP) is 2.21. The Balaban J connectivity index is 2.03. The van der Waals surface area contributed by atoms with Gasteiger partial charge in [-0.2, -0.15) is 0 Å². The summed E-state index contributed by atoms with van der Waals surface area (Å²) >= 11 is 0. The van der Waals surface area contributed by atoms with Crippen molar-refractivity contribution in [2.24, 2.45) is 5.92 Å². The molecular formula is C15H23NO2. The van der Waals surface area contributed by atoms with E-state index in [0.29, 0.717) is 5.41 Å². The number of rotatable bonds is 7. The third-order valence-electron chi connectivity index (χ3n) is 4.02. The molecule has 0 saturated heterocycles. The molecule has 1 aliphatic carbocycles. The van der Waals surface area contributed by atoms with Crippen LogP contribution < -0.4 is 10.1 Å². The summed E-state index contributed by atoms with van der Waals surface area (Å²) in [6.45, 7) is 5.01. The highest BCUT2D eigenvalue weighted by Crippen LogP contribution is 2.53. The maximum absolute atomic E-state index is 5.32. The van der Waals surface area contributed by atoms with Crippen molar-refractivity contribution in [3.8, 4) is 5.75 Å². The lowest BCUT2D eigenvalue weighted by Gasteiger charge is -2.19. The summed E-state index contributed by atoms with van der Waals surface area (Å²) in [7, 11) is 3.46. The molecule has 1 fully saturated rings.